The highest BCUT2D eigenvalue weighted by Crippen LogP contribution is 2.18. The molecule has 22 heavy (non-hydrogen) atoms. The molecule has 110 valence electrons. The van der Waals surface area contributed by atoms with E-state index in [0.29, 0.717) is 5.56 Å². The van der Waals surface area contributed by atoms with Gasteiger partial charge < -0.3 is 10.2 Å². The van der Waals surface area contributed by atoms with E-state index >= 15 is 0 Å². The van der Waals surface area contributed by atoms with Gasteiger partial charge in [0.05, 0.1) is 11.1 Å². The Morgan fingerprint density at radius 1 is 0.773 bits per heavy atom. The molecule has 0 aromatic heterocycles. The van der Waals surface area contributed by atoms with Crippen LogP contribution in [0.1, 0.15) is 36.6 Å². The Morgan fingerprint density at radius 3 is 1.82 bits per heavy atom. The van der Waals surface area contributed by atoms with Gasteiger partial charge in [0.15, 0.2) is 5.78 Å². The van der Waals surface area contributed by atoms with E-state index in [1.807, 2.05) is 0 Å². The summed E-state index contributed by atoms with van der Waals surface area (Å²) in [7, 11) is 0. The molecular weight excluding hydrogens is 284 g/mol. The molecule has 0 saturated heterocycles. The van der Waals surface area contributed by atoms with E-state index in [9.17, 15) is 14.4 Å². The highest BCUT2D eigenvalue weighted by atomic mass is 16.4. The van der Waals surface area contributed by atoms with Gasteiger partial charge in [-0.15, -0.1) is 0 Å². The first-order valence-corrected chi connectivity index (χ1v) is 6.37. The Balaban J connectivity index is 2.44. The van der Waals surface area contributed by atoms with E-state index in [4.69, 9.17) is 10.2 Å². The molecular formula is C17H12O5. The largest absolute Gasteiger partial charge is 0.478 e. The fourth-order valence-corrected chi connectivity index (χ4v) is 1.98. The van der Waals surface area contributed by atoms with Crippen LogP contribution in [0.4, 0.5) is 0 Å². The molecule has 0 atom stereocenters. The van der Waals surface area contributed by atoms with Crippen LogP contribution in [0.5, 0.6) is 0 Å². The molecule has 0 unspecified atom stereocenters. The monoisotopic (exact) mass is 296 g/mol. The summed E-state index contributed by atoms with van der Waals surface area (Å²) in [6, 6.07) is 12.3. The topological polar surface area (TPSA) is 91.7 Å². The summed E-state index contributed by atoms with van der Waals surface area (Å²) in [6.07, 6.45) is 2.39. The number of aromatic carboxylic acids is 2. The number of carboxylic acid groups (broad SMARTS) is 2. The zero-order chi connectivity index (χ0) is 16.1. The number of ketones is 1. The zero-order valence-corrected chi connectivity index (χ0v) is 11.4. The van der Waals surface area contributed by atoms with E-state index in [0.717, 1.165) is 0 Å². The van der Waals surface area contributed by atoms with Crippen LogP contribution < -0.4 is 0 Å². The number of benzene rings is 2. The minimum absolute atomic E-state index is 0.00761. The maximum absolute atomic E-state index is 12.0. The molecule has 5 nitrogen and oxygen atoms in total. The van der Waals surface area contributed by atoms with Gasteiger partial charge in [0.2, 0.25) is 0 Å². The average Bonchev–Trinajstić information content (AvgIpc) is 2.52. The predicted molar refractivity (Wildman–Crippen MR) is 80.2 cm³/mol. The predicted octanol–water partition coefficient (Wildman–Crippen LogP) is 2.98. The lowest BCUT2D eigenvalue weighted by Crippen LogP contribution is -2.07. The summed E-state index contributed by atoms with van der Waals surface area (Å²) in [6.45, 7) is 0. The smallest absolute Gasteiger partial charge is 0.336 e. The molecule has 0 bridgehead atoms. The van der Waals surface area contributed by atoms with Crippen LogP contribution in [-0.2, 0) is 0 Å². The van der Waals surface area contributed by atoms with Crippen molar-refractivity contribution < 1.29 is 24.6 Å². The van der Waals surface area contributed by atoms with Crippen molar-refractivity contribution in [1.29, 1.82) is 0 Å². The summed E-state index contributed by atoms with van der Waals surface area (Å²) in [5, 5.41) is 18.3. The second kappa shape index (κ2) is 6.49. The first-order valence-electron chi connectivity index (χ1n) is 6.37. The molecule has 0 amide bonds. The van der Waals surface area contributed by atoms with Crippen molar-refractivity contribution in [1.82, 2.24) is 0 Å². The summed E-state index contributed by atoms with van der Waals surface area (Å²) >= 11 is 0. The number of carbonyl (C=O) groups excluding carboxylic acids is 1. The summed E-state index contributed by atoms with van der Waals surface area (Å²) < 4.78 is 0. The van der Waals surface area contributed by atoms with Gasteiger partial charge in [-0.1, -0.05) is 36.4 Å². The van der Waals surface area contributed by atoms with Crippen LogP contribution >= 0.6 is 0 Å². The van der Waals surface area contributed by atoms with Gasteiger partial charge in [-0.25, -0.2) is 9.59 Å². The second-order valence-corrected chi connectivity index (χ2v) is 4.44. The molecule has 0 fully saturated rings. The molecule has 2 N–H and O–H groups in total. The number of allylic oxidation sites excluding steroid dienone is 1. The molecule has 5 heteroatoms. The van der Waals surface area contributed by atoms with Gasteiger partial charge in [-0.3, -0.25) is 4.79 Å². The second-order valence-electron chi connectivity index (χ2n) is 4.44. The molecule has 0 aliphatic carbocycles. The van der Waals surface area contributed by atoms with Crippen LogP contribution in [0.3, 0.4) is 0 Å². The normalized spacial score (nSPS) is 10.5. The Hall–Kier alpha value is -3.21. The zero-order valence-electron chi connectivity index (χ0n) is 11.4. The number of hydrogen-bond acceptors (Lipinski definition) is 3. The van der Waals surface area contributed by atoms with Gasteiger partial charge in [0, 0.05) is 11.1 Å². The van der Waals surface area contributed by atoms with Crippen LogP contribution in [0.25, 0.3) is 6.08 Å². The summed E-state index contributed by atoms with van der Waals surface area (Å²) in [5.41, 5.74) is 0.0873. The lowest BCUT2D eigenvalue weighted by Gasteiger charge is -2.05. The molecule has 0 aliphatic rings. The van der Waals surface area contributed by atoms with Crippen molar-refractivity contribution in [2.75, 3.05) is 0 Å². The average molecular weight is 296 g/mol. The Kier molecular flexibility index (Phi) is 4.48. The fourth-order valence-electron chi connectivity index (χ4n) is 1.98. The lowest BCUT2D eigenvalue weighted by molar-refractivity contribution is 0.0696. The van der Waals surface area contributed by atoms with E-state index in [-0.39, 0.29) is 22.5 Å². The number of hydrogen-bond donors (Lipinski definition) is 2. The van der Waals surface area contributed by atoms with Gasteiger partial charge in [0.25, 0.3) is 0 Å². The minimum atomic E-state index is -1.25. The van der Waals surface area contributed by atoms with Crippen molar-refractivity contribution in [2.45, 2.75) is 0 Å². The maximum Gasteiger partial charge on any atom is 0.336 e. The highest BCUT2D eigenvalue weighted by molar-refractivity contribution is 6.08. The third-order valence-corrected chi connectivity index (χ3v) is 3.03. The fraction of sp³-hybridized carbons (Fsp3) is 0. The Labute approximate surface area is 126 Å². The van der Waals surface area contributed by atoms with Gasteiger partial charge in [0.1, 0.15) is 0 Å². The van der Waals surface area contributed by atoms with Gasteiger partial charge in [-0.2, -0.15) is 0 Å². The van der Waals surface area contributed by atoms with Crippen LogP contribution in [0.15, 0.2) is 54.6 Å². The number of carboxylic acids is 2. The quantitative estimate of drug-likeness (QED) is 0.653. The van der Waals surface area contributed by atoms with Crippen molar-refractivity contribution >= 4 is 23.8 Å². The first kappa shape index (κ1) is 15.2. The molecule has 2 aromatic rings. The third kappa shape index (κ3) is 3.27. The molecule has 0 radical (unpaired) electrons. The molecule has 0 spiro atoms. The van der Waals surface area contributed by atoms with Crippen molar-refractivity contribution in [3.05, 3.63) is 76.9 Å². The number of rotatable bonds is 5. The van der Waals surface area contributed by atoms with Crippen LogP contribution in [-0.4, -0.2) is 27.9 Å². The molecule has 0 heterocycles. The Bertz CT molecular complexity index is 728. The van der Waals surface area contributed by atoms with Crippen LogP contribution in [0.2, 0.25) is 0 Å². The molecule has 0 aliphatic heterocycles. The van der Waals surface area contributed by atoms with Crippen molar-refractivity contribution in [2.24, 2.45) is 0 Å². The Morgan fingerprint density at radius 2 is 1.32 bits per heavy atom. The third-order valence-electron chi connectivity index (χ3n) is 3.03. The molecule has 2 aromatic carbocycles. The lowest BCUT2D eigenvalue weighted by atomic mass is 9.99. The van der Waals surface area contributed by atoms with Crippen LogP contribution in [0, 0.1) is 0 Å². The first-order chi connectivity index (χ1) is 10.5. The minimum Gasteiger partial charge on any atom is -0.478 e. The summed E-state index contributed by atoms with van der Waals surface area (Å²) in [5.74, 6) is -2.85. The molecule has 0 saturated carbocycles. The highest BCUT2D eigenvalue weighted by Gasteiger charge is 2.16. The van der Waals surface area contributed by atoms with Crippen molar-refractivity contribution in [3.63, 3.8) is 0 Å². The van der Waals surface area contributed by atoms with Crippen molar-refractivity contribution in [3.8, 4) is 0 Å². The molecule has 2 rings (SSSR count). The van der Waals surface area contributed by atoms with Gasteiger partial charge >= 0.3 is 11.9 Å². The van der Waals surface area contributed by atoms with Gasteiger partial charge in [-0.05, 0) is 24.3 Å². The van der Waals surface area contributed by atoms with E-state index < -0.39 is 11.9 Å². The SMILES string of the molecule is O=C(/C=C/c1c(C(=O)O)cccc1C(=O)O)c1ccccc1. The maximum atomic E-state index is 12.0. The van der Waals surface area contributed by atoms with E-state index in [1.165, 1.54) is 30.4 Å². The summed E-state index contributed by atoms with van der Waals surface area (Å²) in [4.78, 5) is 34.4. The van der Waals surface area contributed by atoms with E-state index in [2.05, 4.69) is 0 Å². The number of carbonyl (C=O) groups is 3. The van der Waals surface area contributed by atoms with E-state index in [1.54, 1.807) is 30.3 Å². The standard InChI is InChI=1S/C17H12O5/c18-15(11-5-2-1-3-6-11)10-9-12-13(16(19)20)7-4-8-14(12)17(21)22/h1-10H,(H,19,20)(H,21,22)/b10-9+.